The molecule has 3 aromatic rings. The van der Waals surface area contributed by atoms with Crippen LogP contribution in [0, 0.1) is 0 Å². The van der Waals surface area contributed by atoms with Gasteiger partial charge in [0.15, 0.2) is 0 Å². The lowest BCUT2D eigenvalue weighted by atomic mass is 9.99. The Morgan fingerprint density at radius 1 is 0.900 bits per heavy atom. The standard InChI is InChI=1S/C18H14BrN/c19-16-8-7-15-10-17(20-18(15)11-16)14-6-5-12-3-1-2-4-13(12)9-14/h1-9,11,17,20H,10H2. The lowest BCUT2D eigenvalue weighted by Crippen LogP contribution is -2.05. The minimum absolute atomic E-state index is 0.379. The molecule has 0 spiro atoms. The Balaban J connectivity index is 1.71. The molecule has 0 amide bonds. The topological polar surface area (TPSA) is 12.0 Å². The monoisotopic (exact) mass is 323 g/mol. The third-order valence-corrected chi connectivity index (χ3v) is 4.49. The fraction of sp³-hybridized carbons (Fsp3) is 0.111. The van der Waals surface area contributed by atoms with Gasteiger partial charge in [-0.1, -0.05) is 58.4 Å². The number of hydrogen-bond donors (Lipinski definition) is 1. The van der Waals surface area contributed by atoms with Crippen molar-refractivity contribution < 1.29 is 0 Å². The summed E-state index contributed by atoms with van der Waals surface area (Å²) in [5.74, 6) is 0. The van der Waals surface area contributed by atoms with Crippen molar-refractivity contribution in [2.75, 3.05) is 5.32 Å². The zero-order chi connectivity index (χ0) is 13.5. The highest BCUT2D eigenvalue weighted by molar-refractivity contribution is 9.10. The number of halogens is 1. The zero-order valence-corrected chi connectivity index (χ0v) is 12.5. The Kier molecular flexibility index (Phi) is 2.78. The largest absolute Gasteiger partial charge is 0.378 e. The minimum atomic E-state index is 0.379. The van der Waals surface area contributed by atoms with Gasteiger partial charge in [0, 0.05) is 10.2 Å². The number of anilines is 1. The first-order chi connectivity index (χ1) is 9.79. The number of rotatable bonds is 1. The molecule has 4 rings (SSSR count). The van der Waals surface area contributed by atoms with Crippen molar-refractivity contribution in [3.63, 3.8) is 0 Å². The smallest absolute Gasteiger partial charge is 0.0555 e. The van der Waals surface area contributed by atoms with Crippen LogP contribution in [0.3, 0.4) is 0 Å². The second-order valence-electron chi connectivity index (χ2n) is 5.31. The third kappa shape index (κ3) is 2.01. The van der Waals surface area contributed by atoms with E-state index >= 15 is 0 Å². The van der Waals surface area contributed by atoms with Crippen LogP contribution in [0.4, 0.5) is 5.69 Å². The Labute approximate surface area is 126 Å². The van der Waals surface area contributed by atoms with Crippen LogP contribution in [0.1, 0.15) is 17.2 Å². The molecular weight excluding hydrogens is 310 g/mol. The molecule has 1 aliphatic heterocycles. The average Bonchev–Trinajstić information content (AvgIpc) is 2.89. The normalized spacial score (nSPS) is 16.9. The summed E-state index contributed by atoms with van der Waals surface area (Å²) in [6.45, 7) is 0. The molecular formula is C18H14BrN. The molecule has 1 heterocycles. The van der Waals surface area contributed by atoms with E-state index in [0.29, 0.717) is 6.04 Å². The van der Waals surface area contributed by atoms with Crippen LogP contribution in [-0.4, -0.2) is 0 Å². The molecule has 0 saturated heterocycles. The van der Waals surface area contributed by atoms with Gasteiger partial charge in [0.05, 0.1) is 6.04 Å². The van der Waals surface area contributed by atoms with Crippen LogP contribution in [-0.2, 0) is 6.42 Å². The average molecular weight is 324 g/mol. The summed E-state index contributed by atoms with van der Waals surface area (Å²) < 4.78 is 1.13. The summed E-state index contributed by atoms with van der Waals surface area (Å²) in [7, 11) is 0. The molecule has 20 heavy (non-hydrogen) atoms. The van der Waals surface area contributed by atoms with E-state index in [1.165, 1.54) is 27.6 Å². The fourth-order valence-corrected chi connectivity index (χ4v) is 3.31. The molecule has 0 radical (unpaired) electrons. The molecule has 1 atom stereocenters. The summed E-state index contributed by atoms with van der Waals surface area (Å²) in [6.07, 6.45) is 1.06. The predicted molar refractivity (Wildman–Crippen MR) is 88.2 cm³/mol. The quantitative estimate of drug-likeness (QED) is 0.639. The van der Waals surface area contributed by atoms with E-state index in [4.69, 9.17) is 0 Å². The van der Waals surface area contributed by atoms with E-state index in [2.05, 4.69) is 81.9 Å². The van der Waals surface area contributed by atoms with E-state index in [0.717, 1.165) is 10.9 Å². The fourth-order valence-electron chi connectivity index (χ4n) is 2.95. The van der Waals surface area contributed by atoms with Gasteiger partial charge in [-0.2, -0.15) is 0 Å². The predicted octanol–water partition coefficient (Wildman–Crippen LogP) is 5.31. The third-order valence-electron chi connectivity index (χ3n) is 4.00. The van der Waals surface area contributed by atoms with Crippen LogP contribution in [0.25, 0.3) is 10.8 Å². The molecule has 0 fully saturated rings. The molecule has 0 saturated carbocycles. The van der Waals surface area contributed by atoms with Crippen LogP contribution < -0.4 is 5.32 Å². The summed E-state index contributed by atoms with van der Waals surface area (Å²) >= 11 is 3.53. The van der Waals surface area contributed by atoms with Crippen LogP contribution in [0.5, 0.6) is 0 Å². The number of fused-ring (bicyclic) bond motifs is 2. The lowest BCUT2D eigenvalue weighted by Gasteiger charge is -2.12. The first kappa shape index (κ1) is 12.0. The molecule has 3 aromatic carbocycles. The van der Waals surface area contributed by atoms with E-state index in [1.54, 1.807) is 0 Å². The Morgan fingerprint density at radius 3 is 2.65 bits per heavy atom. The molecule has 98 valence electrons. The van der Waals surface area contributed by atoms with Gasteiger partial charge in [0.1, 0.15) is 0 Å². The number of benzene rings is 3. The Morgan fingerprint density at radius 2 is 1.75 bits per heavy atom. The second kappa shape index (κ2) is 4.64. The van der Waals surface area contributed by atoms with Crippen molar-refractivity contribution in [2.24, 2.45) is 0 Å². The van der Waals surface area contributed by atoms with E-state index < -0.39 is 0 Å². The Bertz CT molecular complexity index is 794. The molecule has 1 N–H and O–H groups in total. The van der Waals surface area contributed by atoms with Crippen LogP contribution in [0.2, 0.25) is 0 Å². The highest BCUT2D eigenvalue weighted by Crippen LogP contribution is 2.36. The van der Waals surface area contributed by atoms with Gasteiger partial charge in [0.25, 0.3) is 0 Å². The van der Waals surface area contributed by atoms with E-state index in [9.17, 15) is 0 Å². The number of hydrogen-bond acceptors (Lipinski definition) is 1. The number of nitrogens with one attached hydrogen (secondary N) is 1. The Hall–Kier alpha value is -1.80. The highest BCUT2D eigenvalue weighted by atomic mass is 79.9. The summed E-state index contributed by atoms with van der Waals surface area (Å²) in [5.41, 5.74) is 4.00. The van der Waals surface area contributed by atoms with Crippen molar-refractivity contribution in [1.82, 2.24) is 0 Å². The maximum atomic E-state index is 3.63. The molecule has 1 aliphatic rings. The summed E-state index contributed by atoms with van der Waals surface area (Å²) in [4.78, 5) is 0. The summed E-state index contributed by atoms with van der Waals surface area (Å²) in [6, 6.07) is 22.1. The second-order valence-corrected chi connectivity index (χ2v) is 6.22. The van der Waals surface area contributed by atoms with Gasteiger partial charge in [-0.15, -0.1) is 0 Å². The van der Waals surface area contributed by atoms with Crippen molar-refractivity contribution in [1.29, 1.82) is 0 Å². The van der Waals surface area contributed by atoms with Crippen molar-refractivity contribution in [2.45, 2.75) is 12.5 Å². The minimum Gasteiger partial charge on any atom is -0.378 e. The maximum absolute atomic E-state index is 3.63. The van der Waals surface area contributed by atoms with Gasteiger partial charge >= 0.3 is 0 Å². The summed E-state index contributed by atoms with van der Waals surface area (Å²) in [5, 5.41) is 6.24. The first-order valence-corrected chi connectivity index (χ1v) is 7.62. The molecule has 0 aromatic heterocycles. The first-order valence-electron chi connectivity index (χ1n) is 6.83. The maximum Gasteiger partial charge on any atom is 0.0555 e. The van der Waals surface area contributed by atoms with E-state index in [1.807, 2.05) is 0 Å². The molecule has 2 heteroatoms. The van der Waals surface area contributed by atoms with Crippen LogP contribution in [0.15, 0.2) is 65.1 Å². The van der Waals surface area contributed by atoms with Gasteiger partial charge in [-0.3, -0.25) is 0 Å². The van der Waals surface area contributed by atoms with Gasteiger partial charge < -0.3 is 5.32 Å². The SMILES string of the molecule is Brc1ccc2c(c1)NC(c1ccc3ccccc3c1)C2. The zero-order valence-electron chi connectivity index (χ0n) is 10.9. The molecule has 1 nitrogen and oxygen atoms in total. The highest BCUT2D eigenvalue weighted by Gasteiger charge is 2.22. The van der Waals surface area contributed by atoms with Crippen molar-refractivity contribution >= 4 is 32.4 Å². The molecule has 0 bridgehead atoms. The lowest BCUT2D eigenvalue weighted by molar-refractivity contribution is 0.826. The van der Waals surface area contributed by atoms with E-state index in [-0.39, 0.29) is 0 Å². The van der Waals surface area contributed by atoms with Gasteiger partial charge in [0.2, 0.25) is 0 Å². The van der Waals surface area contributed by atoms with Crippen LogP contribution >= 0.6 is 15.9 Å². The van der Waals surface area contributed by atoms with Crippen molar-refractivity contribution in [3.8, 4) is 0 Å². The van der Waals surface area contributed by atoms with Crippen molar-refractivity contribution in [3.05, 3.63) is 76.3 Å². The van der Waals surface area contributed by atoms with Gasteiger partial charge in [-0.25, -0.2) is 0 Å². The molecule has 1 unspecified atom stereocenters. The van der Waals surface area contributed by atoms with Gasteiger partial charge in [-0.05, 0) is 46.5 Å². The molecule has 0 aliphatic carbocycles.